The number of ether oxygens (including phenoxy) is 1. The summed E-state index contributed by atoms with van der Waals surface area (Å²) in [5, 5.41) is 10.3. The number of nitrogens with zero attached hydrogens (tertiary/aromatic N) is 1. The fraction of sp³-hybridized carbons (Fsp3) is 0.400. The molecule has 4 heteroatoms. The van der Waals surface area contributed by atoms with Crippen molar-refractivity contribution in [3.8, 4) is 11.5 Å². The second kappa shape index (κ2) is 6.36. The van der Waals surface area contributed by atoms with Crippen molar-refractivity contribution in [1.29, 1.82) is 0 Å². The van der Waals surface area contributed by atoms with Crippen LogP contribution in [-0.2, 0) is 6.54 Å². The van der Waals surface area contributed by atoms with Crippen molar-refractivity contribution >= 4 is 5.69 Å². The van der Waals surface area contributed by atoms with Crippen LogP contribution in [0.2, 0.25) is 0 Å². The molecule has 128 valence electrons. The number of methoxy groups -OCH3 is 1. The number of para-hydroxylation sites is 2. The van der Waals surface area contributed by atoms with E-state index in [2.05, 4.69) is 31.7 Å². The smallest absolute Gasteiger partial charge is 0.138 e. The van der Waals surface area contributed by atoms with Gasteiger partial charge in [-0.3, -0.25) is 0 Å². The number of rotatable bonds is 4. The summed E-state index contributed by atoms with van der Waals surface area (Å²) in [6, 6.07) is 9.62. The normalized spacial score (nSPS) is 16.6. The molecule has 1 aliphatic rings. The Balaban J connectivity index is 2.20. The summed E-state index contributed by atoms with van der Waals surface area (Å²) in [6.45, 7) is 7.73. The number of aryl methyl sites for hydroxylation is 1. The molecule has 0 aliphatic carbocycles. The van der Waals surface area contributed by atoms with Crippen molar-refractivity contribution < 1.29 is 9.84 Å². The zero-order chi connectivity index (χ0) is 17.4. The van der Waals surface area contributed by atoms with Gasteiger partial charge in [-0.2, -0.15) is 0 Å². The first-order valence-electron chi connectivity index (χ1n) is 8.44. The quantitative estimate of drug-likeness (QED) is 0.896. The molecule has 0 spiro atoms. The second-order valence-corrected chi connectivity index (χ2v) is 6.72. The van der Waals surface area contributed by atoms with Crippen molar-refractivity contribution in [2.75, 3.05) is 18.6 Å². The Morgan fingerprint density at radius 1 is 1.33 bits per heavy atom. The molecule has 0 bridgehead atoms. The molecular formula is C20H26N2O2. The Morgan fingerprint density at radius 3 is 2.62 bits per heavy atom. The summed E-state index contributed by atoms with van der Waals surface area (Å²) in [7, 11) is 1.72. The third-order valence-corrected chi connectivity index (χ3v) is 4.95. The highest BCUT2D eigenvalue weighted by Gasteiger charge is 2.35. The molecule has 1 atom stereocenters. The molecule has 0 fully saturated rings. The van der Waals surface area contributed by atoms with Gasteiger partial charge in [0.25, 0.3) is 0 Å². The van der Waals surface area contributed by atoms with Crippen LogP contribution < -0.4 is 15.4 Å². The number of phenols is 1. The van der Waals surface area contributed by atoms with Crippen LogP contribution in [0.5, 0.6) is 11.5 Å². The fourth-order valence-corrected chi connectivity index (χ4v) is 3.87. The van der Waals surface area contributed by atoms with Crippen molar-refractivity contribution in [2.45, 2.75) is 39.3 Å². The van der Waals surface area contributed by atoms with Gasteiger partial charge in [0.2, 0.25) is 0 Å². The maximum atomic E-state index is 10.3. The molecule has 24 heavy (non-hydrogen) atoms. The van der Waals surface area contributed by atoms with Crippen LogP contribution in [0, 0.1) is 6.92 Å². The zero-order valence-corrected chi connectivity index (χ0v) is 14.8. The predicted molar refractivity (Wildman–Crippen MR) is 97.9 cm³/mol. The molecule has 2 aromatic rings. The van der Waals surface area contributed by atoms with Crippen molar-refractivity contribution in [1.82, 2.24) is 0 Å². The van der Waals surface area contributed by atoms with Gasteiger partial charge in [-0.25, -0.2) is 0 Å². The SMILES string of the molecule is COc1cc(C)c2c(c1C(C)C)C(CN)N(c1ccccc1O)C2. The first kappa shape index (κ1) is 16.7. The lowest BCUT2D eigenvalue weighted by molar-refractivity contribution is 0.406. The van der Waals surface area contributed by atoms with Gasteiger partial charge in [0.05, 0.1) is 18.8 Å². The molecule has 2 aromatic carbocycles. The fourth-order valence-electron chi connectivity index (χ4n) is 3.87. The minimum absolute atomic E-state index is 0.0412. The summed E-state index contributed by atoms with van der Waals surface area (Å²) in [5.74, 6) is 1.56. The van der Waals surface area contributed by atoms with E-state index in [1.54, 1.807) is 13.2 Å². The molecule has 3 rings (SSSR count). The summed E-state index contributed by atoms with van der Waals surface area (Å²) >= 11 is 0. The molecule has 4 nitrogen and oxygen atoms in total. The van der Waals surface area contributed by atoms with E-state index in [9.17, 15) is 5.11 Å². The van der Waals surface area contributed by atoms with Gasteiger partial charge in [0, 0.05) is 18.7 Å². The number of hydrogen-bond donors (Lipinski definition) is 2. The monoisotopic (exact) mass is 326 g/mol. The number of anilines is 1. The van der Waals surface area contributed by atoms with E-state index in [0.717, 1.165) is 18.0 Å². The predicted octanol–water partition coefficient (Wildman–Crippen LogP) is 3.85. The standard InChI is InChI=1S/C20H26N2O2/c1-12(2)19-18(24-4)9-13(3)14-11-22(16(10-21)20(14)19)15-7-5-6-8-17(15)23/h5-9,12,16,23H,10-11,21H2,1-4H3. The third-order valence-electron chi connectivity index (χ3n) is 4.95. The highest BCUT2D eigenvalue weighted by Crippen LogP contribution is 2.47. The van der Waals surface area contributed by atoms with E-state index >= 15 is 0 Å². The molecule has 0 amide bonds. The molecule has 0 radical (unpaired) electrons. The average Bonchev–Trinajstić information content (AvgIpc) is 2.94. The van der Waals surface area contributed by atoms with E-state index in [1.165, 1.54) is 22.3 Å². The van der Waals surface area contributed by atoms with Crippen LogP contribution in [-0.4, -0.2) is 18.8 Å². The highest BCUT2D eigenvalue weighted by atomic mass is 16.5. The van der Waals surface area contributed by atoms with Crippen molar-refractivity contribution in [3.05, 3.63) is 52.6 Å². The Hall–Kier alpha value is -2.20. The Bertz CT molecular complexity index is 756. The van der Waals surface area contributed by atoms with E-state index in [1.807, 2.05) is 18.2 Å². The van der Waals surface area contributed by atoms with Crippen LogP contribution in [0.4, 0.5) is 5.69 Å². The molecule has 1 unspecified atom stereocenters. The van der Waals surface area contributed by atoms with Crippen LogP contribution in [0.15, 0.2) is 30.3 Å². The minimum Gasteiger partial charge on any atom is -0.506 e. The number of aromatic hydroxyl groups is 1. The first-order valence-corrected chi connectivity index (χ1v) is 8.44. The van der Waals surface area contributed by atoms with E-state index in [4.69, 9.17) is 10.5 Å². The van der Waals surface area contributed by atoms with E-state index in [0.29, 0.717) is 18.2 Å². The number of phenolic OH excluding ortho intramolecular Hbond substituents is 1. The first-order chi connectivity index (χ1) is 11.5. The van der Waals surface area contributed by atoms with Gasteiger partial charge in [0.15, 0.2) is 0 Å². The maximum absolute atomic E-state index is 10.3. The lowest BCUT2D eigenvalue weighted by atomic mass is 9.88. The molecule has 0 saturated carbocycles. The Morgan fingerprint density at radius 2 is 2.04 bits per heavy atom. The molecule has 1 aliphatic heterocycles. The molecule has 1 heterocycles. The van der Waals surface area contributed by atoms with Gasteiger partial charge in [-0.1, -0.05) is 26.0 Å². The Labute approximate surface area is 143 Å². The summed E-state index contributed by atoms with van der Waals surface area (Å²) in [5.41, 5.74) is 12.0. The lowest BCUT2D eigenvalue weighted by Gasteiger charge is -2.28. The largest absolute Gasteiger partial charge is 0.506 e. The van der Waals surface area contributed by atoms with Crippen LogP contribution >= 0.6 is 0 Å². The van der Waals surface area contributed by atoms with Crippen LogP contribution in [0.25, 0.3) is 0 Å². The zero-order valence-electron chi connectivity index (χ0n) is 14.8. The highest BCUT2D eigenvalue weighted by molar-refractivity contribution is 5.66. The number of nitrogens with two attached hydrogens (primary N) is 1. The molecule has 3 N–H and O–H groups in total. The van der Waals surface area contributed by atoms with Gasteiger partial charge in [-0.05, 0) is 47.7 Å². The third kappa shape index (κ3) is 2.51. The number of benzene rings is 2. The van der Waals surface area contributed by atoms with E-state index < -0.39 is 0 Å². The number of hydrogen-bond acceptors (Lipinski definition) is 4. The molecule has 0 saturated heterocycles. The van der Waals surface area contributed by atoms with Crippen molar-refractivity contribution in [2.24, 2.45) is 5.73 Å². The minimum atomic E-state index is 0.0412. The van der Waals surface area contributed by atoms with Gasteiger partial charge < -0.3 is 20.5 Å². The molecule has 0 aromatic heterocycles. The topological polar surface area (TPSA) is 58.7 Å². The summed E-state index contributed by atoms with van der Waals surface area (Å²) in [4.78, 5) is 2.21. The van der Waals surface area contributed by atoms with Crippen LogP contribution in [0.3, 0.4) is 0 Å². The Kier molecular flexibility index (Phi) is 4.41. The van der Waals surface area contributed by atoms with Crippen molar-refractivity contribution in [3.63, 3.8) is 0 Å². The second-order valence-electron chi connectivity index (χ2n) is 6.72. The maximum Gasteiger partial charge on any atom is 0.138 e. The summed E-state index contributed by atoms with van der Waals surface area (Å²) < 4.78 is 5.66. The molecular weight excluding hydrogens is 300 g/mol. The van der Waals surface area contributed by atoms with Gasteiger partial charge >= 0.3 is 0 Å². The number of fused-ring (bicyclic) bond motifs is 1. The van der Waals surface area contributed by atoms with E-state index in [-0.39, 0.29) is 6.04 Å². The van der Waals surface area contributed by atoms with Gasteiger partial charge in [-0.15, -0.1) is 0 Å². The van der Waals surface area contributed by atoms with Gasteiger partial charge in [0.1, 0.15) is 11.5 Å². The van der Waals surface area contributed by atoms with Crippen LogP contribution in [0.1, 0.15) is 48.1 Å². The lowest BCUT2D eigenvalue weighted by Crippen LogP contribution is -2.28. The average molecular weight is 326 g/mol. The summed E-state index contributed by atoms with van der Waals surface area (Å²) in [6.07, 6.45) is 0.